The van der Waals surface area contributed by atoms with Gasteiger partial charge < -0.3 is 9.64 Å². The molecule has 1 N–H and O–H groups in total. The predicted molar refractivity (Wildman–Crippen MR) is 129 cm³/mol. The van der Waals surface area contributed by atoms with Crippen molar-refractivity contribution in [3.8, 4) is 16.9 Å². The maximum absolute atomic E-state index is 6.16. The molecular formula is C28H25N3O. The largest absolute Gasteiger partial charge is 0.491 e. The summed E-state index contributed by atoms with van der Waals surface area (Å²) in [6.07, 6.45) is 7.42. The molecule has 0 radical (unpaired) electrons. The van der Waals surface area contributed by atoms with Crippen LogP contribution in [0.15, 0.2) is 79.0 Å². The lowest BCUT2D eigenvalue weighted by Gasteiger charge is -2.23. The second kappa shape index (κ2) is 7.72. The van der Waals surface area contributed by atoms with E-state index in [-0.39, 0.29) is 0 Å². The first-order chi connectivity index (χ1) is 15.8. The van der Waals surface area contributed by atoms with Crippen LogP contribution in [0, 0.1) is 0 Å². The minimum absolute atomic E-state index is 0.675. The minimum atomic E-state index is 0.675. The molecule has 0 atom stereocenters. The molecule has 0 saturated carbocycles. The number of nitrogens with one attached hydrogen (secondary N) is 1. The molecule has 4 heteroatoms. The molecule has 1 aliphatic heterocycles. The van der Waals surface area contributed by atoms with Gasteiger partial charge in [-0.25, -0.2) is 0 Å². The zero-order chi connectivity index (χ0) is 21.5. The Morgan fingerprint density at radius 2 is 1.81 bits per heavy atom. The van der Waals surface area contributed by atoms with Gasteiger partial charge in [0.2, 0.25) is 0 Å². The predicted octanol–water partition coefficient (Wildman–Crippen LogP) is 4.36. The van der Waals surface area contributed by atoms with Crippen LogP contribution in [0.1, 0.15) is 18.9 Å². The molecule has 0 spiro atoms. The molecule has 2 aliphatic rings. The summed E-state index contributed by atoms with van der Waals surface area (Å²) < 4.78 is 6.16. The summed E-state index contributed by atoms with van der Waals surface area (Å²) in [5.74, 6) is 0.980. The molecule has 0 bridgehead atoms. The smallest absolute Gasteiger partial charge is 0.124 e. The summed E-state index contributed by atoms with van der Waals surface area (Å²) in [5.41, 5.74) is 7.33. The van der Waals surface area contributed by atoms with Gasteiger partial charge in [0.1, 0.15) is 12.4 Å². The summed E-state index contributed by atoms with van der Waals surface area (Å²) in [4.78, 5) is 2.46. The first-order valence-electron chi connectivity index (χ1n) is 11.2. The summed E-state index contributed by atoms with van der Waals surface area (Å²) in [7, 11) is 0. The molecule has 1 aliphatic carbocycles. The number of hydrogen-bond acceptors (Lipinski definition) is 3. The van der Waals surface area contributed by atoms with Crippen molar-refractivity contribution in [2.75, 3.05) is 13.2 Å². The summed E-state index contributed by atoms with van der Waals surface area (Å²) in [5, 5.41) is 11.0. The van der Waals surface area contributed by atoms with Crippen molar-refractivity contribution in [3.05, 3.63) is 95.0 Å². The number of benzene rings is 3. The summed E-state index contributed by atoms with van der Waals surface area (Å²) in [6, 6.07) is 21.7. The number of fused-ring (bicyclic) bond motifs is 3. The Balaban J connectivity index is 1.43. The molecular weight excluding hydrogens is 394 g/mol. The van der Waals surface area contributed by atoms with E-state index in [1.54, 1.807) is 0 Å². The van der Waals surface area contributed by atoms with Crippen LogP contribution < -0.4 is 15.2 Å². The van der Waals surface area contributed by atoms with Crippen LogP contribution in [0.4, 0.5) is 0 Å². The average molecular weight is 420 g/mol. The third kappa shape index (κ3) is 3.28. The number of H-pyrrole nitrogens is 1. The van der Waals surface area contributed by atoms with Crippen molar-refractivity contribution in [3.63, 3.8) is 0 Å². The normalized spacial score (nSPS) is 15.7. The molecule has 158 valence electrons. The Labute approximate surface area is 187 Å². The summed E-state index contributed by atoms with van der Waals surface area (Å²) in [6.45, 7) is 4.59. The highest BCUT2D eigenvalue weighted by Gasteiger charge is 2.19. The minimum Gasteiger partial charge on any atom is -0.491 e. The number of ether oxygens (including phenoxy) is 1. The van der Waals surface area contributed by atoms with Crippen LogP contribution in [0.25, 0.3) is 33.3 Å². The Kier molecular flexibility index (Phi) is 4.57. The van der Waals surface area contributed by atoms with Gasteiger partial charge in [-0.1, -0.05) is 54.1 Å². The molecule has 3 aromatic carbocycles. The second-order valence-electron chi connectivity index (χ2n) is 8.58. The van der Waals surface area contributed by atoms with Crippen molar-refractivity contribution in [1.82, 2.24) is 15.1 Å². The molecule has 4 aromatic rings. The molecule has 0 unspecified atom stereocenters. The van der Waals surface area contributed by atoms with E-state index in [2.05, 4.69) is 94.8 Å². The molecule has 2 heterocycles. The lowest BCUT2D eigenvalue weighted by molar-refractivity contribution is 0.283. The van der Waals surface area contributed by atoms with Gasteiger partial charge in [-0.3, -0.25) is 5.10 Å². The molecule has 0 amide bonds. The van der Waals surface area contributed by atoms with E-state index in [4.69, 9.17) is 4.74 Å². The SMILES string of the molecule is CC1=c2ccccc2=C(N2CCOc3ccc(-c4ccc5cn[nH]c5c4)cc3C2)C=CC1. The molecule has 0 saturated heterocycles. The van der Waals surface area contributed by atoms with E-state index < -0.39 is 0 Å². The van der Waals surface area contributed by atoms with Crippen LogP contribution in [0.2, 0.25) is 0 Å². The topological polar surface area (TPSA) is 41.1 Å². The Morgan fingerprint density at radius 3 is 2.75 bits per heavy atom. The van der Waals surface area contributed by atoms with Gasteiger partial charge in [0, 0.05) is 28.4 Å². The monoisotopic (exact) mass is 419 g/mol. The van der Waals surface area contributed by atoms with Crippen molar-refractivity contribution in [2.24, 2.45) is 0 Å². The summed E-state index contributed by atoms with van der Waals surface area (Å²) >= 11 is 0. The number of aromatic amines is 1. The van der Waals surface area contributed by atoms with Gasteiger partial charge in [-0.05, 0) is 54.0 Å². The highest BCUT2D eigenvalue weighted by molar-refractivity contribution is 5.84. The van der Waals surface area contributed by atoms with Gasteiger partial charge in [-0.2, -0.15) is 5.10 Å². The highest BCUT2D eigenvalue weighted by Crippen LogP contribution is 2.31. The number of rotatable bonds is 2. The van der Waals surface area contributed by atoms with Crippen molar-refractivity contribution >= 4 is 22.2 Å². The molecule has 1 aromatic heterocycles. The molecule has 4 nitrogen and oxygen atoms in total. The molecule has 6 rings (SSSR count). The quantitative estimate of drug-likeness (QED) is 0.525. The number of nitrogens with zero attached hydrogens (tertiary/aromatic N) is 2. The maximum Gasteiger partial charge on any atom is 0.124 e. The van der Waals surface area contributed by atoms with Gasteiger partial charge in [-0.15, -0.1) is 0 Å². The maximum atomic E-state index is 6.16. The average Bonchev–Trinajstić information content (AvgIpc) is 3.11. The van der Waals surface area contributed by atoms with E-state index in [1.165, 1.54) is 38.4 Å². The highest BCUT2D eigenvalue weighted by atomic mass is 16.5. The first-order valence-corrected chi connectivity index (χ1v) is 11.2. The van der Waals surface area contributed by atoms with Gasteiger partial charge in [0.25, 0.3) is 0 Å². The zero-order valence-corrected chi connectivity index (χ0v) is 18.1. The fourth-order valence-electron chi connectivity index (χ4n) is 4.80. The number of aromatic nitrogens is 2. The Morgan fingerprint density at radius 1 is 0.969 bits per heavy atom. The fraction of sp³-hybridized carbons (Fsp3) is 0.179. The van der Waals surface area contributed by atoms with Crippen LogP contribution in [0.5, 0.6) is 5.75 Å². The third-order valence-corrected chi connectivity index (χ3v) is 6.52. The molecule has 0 fully saturated rings. The van der Waals surface area contributed by atoms with Crippen molar-refractivity contribution in [1.29, 1.82) is 0 Å². The van der Waals surface area contributed by atoms with Crippen LogP contribution in [-0.4, -0.2) is 28.2 Å². The van der Waals surface area contributed by atoms with Crippen LogP contribution in [-0.2, 0) is 6.54 Å². The van der Waals surface area contributed by atoms with Gasteiger partial charge in [0.05, 0.1) is 18.3 Å². The standard InChI is InChI=1S/C28H25N3O/c1-19-5-4-8-27(25-7-3-2-6-24(19)25)31-13-14-32-28-12-11-20(15-23(28)18-31)21-9-10-22-17-29-30-26(22)16-21/h2-4,6-12,15-17H,5,13-14,18H2,1H3,(H,29,30). The van der Waals surface area contributed by atoms with E-state index in [0.29, 0.717) is 6.61 Å². The first kappa shape index (κ1) is 18.9. The second-order valence-corrected chi connectivity index (χ2v) is 8.58. The van der Waals surface area contributed by atoms with Crippen molar-refractivity contribution < 1.29 is 4.74 Å². The Hall–Kier alpha value is -3.79. The van der Waals surface area contributed by atoms with Crippen molar-refractivity contribution in [2.45, 2.75) is 19.9 Å². The van der Waals surface area contributed by atoms with Gasteiger partial charge in [0.15, 0.2) is 0 Å². The lowest BCUT2D eigenvalue weighted by atomic mass is 10.0. The lowest BCUT2D eigenvalue weighted by Crippen LogP contribution is -2.35. The molecule has 32 heavy (non-hydrogen) atoms. The number of allylic oxidation sites excluding steroid dienone is 1. The van der Waals surface area contributed by atoms with E-state index in [1.807, 2.05) is 6.20 Å². The van der Waals surface area contributed by atoms with E-state index in [0.717, 1.165) is 36.2 Å². The van der Waals surface area contributed by atoms with Crippen LogP contribution in [0.3, 0.4) is 0 Å². The number of hydrogen-bond donors (Lipinski definition) is 1. The third-order valence-electron chi connectivity index (χ3n) is 6.52. The van der Waals surface area contributed by atoms with E-state index in [9.17, 15) is 0 Å². The Bertz CT molecular complexity index is 1480. The van der Waals surface area contributed by atoms with Crippen LogP contribution >= 0.6 is 0 Å². The zero-order valence-electron chi connectivity index (χ0n) is 18.1. The van der Waals surface area contributed by atoms with Gasteiger partial charge >= 0.3 is 0 Å². The fourth-order valence-corrected chi connectivity index (χ4v) is 4.80. The van der Waals surface area contributed by atoms with E-state index >= 15 is 0 Å².